The van der Waals surface area contributed by atoms with Gasteiger partial charge in [0.05, 0.1) is 0 Å². The molecule has 0 saturated carbocycles. The summed E-state index contributed by atoms with van der Waals surface area (Å²) in [6.45, 7) is 0. The van der Waals surface area contributed by atoms with Crippen molar-refractivity contribution < 1.29 is 19.4 Å². The van der Waals surface area contributed by atoms with Crippen LogP contribution < -0.4 is 11.4 Å². The van der Waals surface area contributed by atoms with Crippen molar-refractivity contribution >= 4 is 16.9 Å². The molecule has 0 fully saturated rings. The Balaban J connectivity index is 2.40. The fourth-order valence-corrected chi connectivity index (χ4v) is 1.88. The summed E-state index contributed by atoms with van der Waals surface area (Å²) in [6, 6.07) is 5.03. The number of aliphatic carboxylic acids is 1. The van der Waals surface area contributed by atoms with Crippen molar-refractivity contribution in [2.45, 2.75) is 18.9 Å². The number of phenols is 1. The predicted octanol–water partition coefficient (Wildman–Crippen LogP) is 0.843. The van der Waals surface area contributed by atoms with Crippen molar-refractivity contribution in [3.05, 3.63) is 40.2 Å². The number of carboxylic acids is 1. The molecule has 0 aliphatic heterocycles. The molecule has 0 aliphatic rings. The second-order valence-corrected chi connectivity index (χ2v) is 4.23. The van der Waals surface area contributed by atoms with Gasteiger partial charge >= 0.3 is 11.6 Å². The topological polar surface area (TPSA) is 114 Å². The van der Waals surface area contributed by atoms with Crippen LogP contribution in [0.3, 0.4) is 0 Å². The molecule has 1 atom stereocenters. The van der Waals surface area contributed by atoms with E-state index in [0.29, 0.717) is 17.4 Å². The molecule has 0 aliphatic carbocycles. The number of carbonyl (C=O) groups is 1. The maximum absolute atomic E-state index is 11.4. The Bertz CT molecular complexity index is 676. The van der Waals surface area contributed by atoms with Crippen LogP contribution >= 0.6 is 0 Å². The highest BCUT2D eigenvalue weighted by Crippen LogP contribution is 2.26. The second-order valence-electron chi connectivity index (χ2n) is 4.23. The lowest BCUT2D eigenvalue weighted by Crippen LogP contribution is -2.30. The van der Waals surface area contributed by atoms with Crippen molar-refractivity contribution in [1.29, 1.82) is 0 Å². The Labute approximate surface area is 108 Å². The number of aromatic hydroxyl groups is 1. The van der Waals surface area contributed by atoms with Gasteiger partial charge in [-0.25, -0.2) is 4.79 Å². The summed E-state index contributed by atoms with van der Waals surface area (Å²) < 4.78 is 4.93. The molecule has 6 heteroatoms. The van der Waals surface area contributed by atoms with E-state index in [-0.39, 0.29) is 17.8 Å². The first-order chi connectivity index (χ1) is 8.99. The van der Waals surface area contributed by atoms with Crippen molar-refractivity contribution in [3.63, 3.8) is 0 Å². The molecule has 1 heterocycles. The molecule has 0 spiro atoms. The first-order valence-electron chi connectivity index (χ1n) is 5.72. The smallest absolute Gasteiger partial charge is 0.336 e. The third kappa shape index (κ3) is 2.74. The van der Waals surface area contributed by atoms with Gasteiger partial charge in [-0.05, 0) is 24.5 Å². The fourth-order valence-electron chi connectivity index (χ4n) is 1.88. The minimum Gasteiger partial charge on any atom is -0.504 e. The highest BCUT2D eigenvalue weighted by Gasteiger charge is 2.14. The molecule has 2 aromatic rings. The van der Waals surface area contributed by atoms with Crippen LogP contribution in [0, 0.1) is 0 Å². The van der Waals surface area contributed by atoms with Gasteiger partial charge in [-0.2, -0.15) is 0 Å². The van der Waals surface area contributed by atoms with Gasteiger partial charge in [0.1, 0.15) is 6.04 Å². The van der Waals surface area contributed by atoms with Crippen LogP contribution in [-0.4, -0.2) is 22.2 Å². The molecule has 100 valence electrons. The highest BCUT2D eigenvalue weighted by molar-refractivity contribution is 5.85. The Morgan fingerprint density at radius 1 is 1.42 bits per heavy atom. The first kappa shape index (κ1) is 13.1. The molecule has 4 N–H and O–H groups in total. The standard InChI is InChI=1S/C13H13NO5/c14-9(13(17)18)5-4-7-6-11(16)19-12-8(7)2-1-3-10(12)15/h1-3,6,9,15H,4-5,14H2,(H,17,18)/t9-/m0/s1. The van der Waals surface area contributed by atoms with Crippen LogP contribution in [0.15, 0.2) is 33.5 Å². The SMILES string of the molecule is N[C@@H](CCc1cc(=O)oc2c(O)cccc12)C(=O)O. The average molecular weight is 263 g/mol. The lowest BCUT2D eigenvalue weighted by Gasteiger charge is -2.08. The third-order valence-electron chi connectivity index (χ3n) is 2.88. The van der Waals surface area contributed by atoms with Gasteiger partial charge in [0, 0.05) is 11.5 Å². The van der Waals surface area contributed by atoms with Gasteiger partial charge < -0.3 is 20.4 Å². The number of para-hydroxylation sites is 1. The molecular weight excluding hydrogens is 250 g/mol. The van der Waals surface area contributed by atoms with E-state index in [0.717, 1.165) is 0 Å². The van der Waals surface area contributed by atoms with Gasteiger partial charge in [-0.1, -0.05) is 12.1 Å². The van der Waals surface area contributed by atoms with Gasteiger partial charge in [0.15, 0.2) is 11.3 Å². The van der Waals surface area contributed by atoms with Crippen LogP contribution in [0.25, 0.3) is 11.0 Å². The molecule has 0 radical (unpaired) electrons. The van der Waals surface area contributed by atoms with E-state index < -0.39 is 17.6 Å². The minimum absolute atomic E-state index is 0.105. The summed E-state index contributed by atoms with van der Waals surface area (Å²) >= 11 is 0. The summed E-state index contributed by atoms with van der Waals surface area (Å²) in [5.74, 6) is -1.21. The first-order valence-corrected chi connectivity index (χ1v) is 5.72. The largest absolute Gasteiger partial charge is 0.504 e. The summed E-state index contributed by atoms with van der Waals surface area (Å²) in [5, 5.41) is 18.9. The average Bonchev–Trinajstić information content (AvgIpc) is 2.36. The van der Waals surface area contributed by atoms with Crippen molar-refractivity contribution in [2.24, 2.45) is 5.73 Å². The zero-order valence-electron chi connectivity index (χ0n) is 10.00. The molecule has 1 aromatic carbocycles. The van der Waals surface area contributed by atoms with Gasteiger partial charge in [0.25, 0.3) is 0 Å². The Morgan fingerprint density at radius 2 is 2.16 bits per heavy atom. The predicted molar refractivity (Wildman–Crippen MR) is 68.1 cm³/mol. The van der Waals surface area contributed by atoms with Gasteiger partial charge in [-0.15, -0.1) is 0 Å². The second kappa shape index (κ2) is 5.11. The third-order valence-corrected chi connectivity index (χ3v) is 2.88. The van der Waals surface area contributed by atoms with Crippen LogP contribution in [0.4, 0.5) is 0 Å². The lowest BCUT2D eigenvalue weighted by molar-refractivity contribution is -0.138. The number of rotatable bonds is 4. The molecule has 6 nitrogen and oxygen atoms in total. The van der Waals surface area contributed by atoms with E-state index in [4.69, 9.17) is 15.3 Å². The molecule has 19 heavy (non-hydrogen) atoms. The van der Waals surface area contributed by atoms with Gasteiger partial charge in [-0.3, -0.25) is 4.79 Å². The number of nitrogens with two attached hydrogens (primary N) is 1. The number of hydrogen-bond acceptors (Lipinski definition) is 5. The molecule has 0 unspecified atom stereocenters. The van der Waals surface area contributed by atoms with Crippen molar-refractivity contribution in [2.75, 3.05) is 0 Å². The van der Waals surface area contributed by atoms with Crippen molar-refractivity contribution in [3.8, 4) is 5.75 Å². The number of hydrogen-bond donors (Lipinski definition) is 3. The number of aryl methyl sites for hydroxylation is 1. The molecule has 2 rings (SSSR count). The number of fused-ring (bicyclic) bond motifs is 1. The number of phenolic OH excluding ortho intramolecular Hbond substituents is 1. The van der Waals surface area contributed by atoms with E-state index >= 15 is 0 Å². The summed E-state index contributed by atoms with van der Waals surface area (Å²) in [7, 11) is 0. The molecule has 0 saturated heterocycles. The van der Waals surface area contributed by atoms with E-state index in [1.165, 1.54) is 12.1 Å². The number of carboxylic acid groups (broad SMARTS) is 1. The summed E-state index contributed by atoms with van der Waals surface area (Å²) in [6.07, 6.45) is 0.516. The van der Waals surface area contributed by atoms with Crippen LogP contribution in [0.2, 0.25) is 0 Å². The lowest BCUT2D eigenvalue weighted by atomic mass is 10.0. The zero-order valence-corrected chi connectivity index (χ0v) is 10.00. The maximum atomic E-state index is 11.4. The van der Waals surface area contributed by atoms with E-state index in [9.17, 15) is 14.7 Å². The molecule has 1 aromatic heterocycles. The minimum atomic E-state index is -1.09. The van der Waals surface area contributed by atoms with Crippen LogP contribution in [0.1, 0.15) is 12.0 Å². The normalized spacial score (nSPS) is 12.5. The molecular formula is C13H13NO5. The van der Waals surface area contributed by atoms with Crippen LogP contribution in [0.5, 0.6) is 5.75 Å². The number of benzene rings is 1. The maximum Gasteiger partial charge on any atom is 0.336 e. The summed E-state index contributed by atoms with van der Waals surface area (Å²) in [4.78, 5) is 22.1. The quantitative estimate of drug-likeness (QED) is 0.704. The monoisotopic (exact) mass is 263 g/mol. The molecule has 0 amide bonds. The van der Waals surface area contributed by atoms with E-state index in [1.54, 1.807) is 12.1 Å². The Hall–Kier alpha value is -2.34. The molecule has 0 bridgehead atoms. The fraction of sp³-hybridized carbons (Fsp3) is 0.231. The van der Waals surface area contributed by atoms with E-state index in [1.807, 2.05) is 0 Å². The van der Waals surface area contributed by atoms with Crippen LogP contribution in [-0.2, 0) is 11.2 Å². The zero-order chi connectivity index (χ0) is 14.0. The Kier molecular flexibility index (Phi) is 3.52. The highest BCUT2D eigenvalue weighted by atomic mass is 16.4. The van der Waals surface area contributed by atoms with E-state index in [2.05, 4.69) is 0 Å². The van der Waals surface area contributed by atoms with Gasteiger partial charge in [0.2, 0.25) is 0 Å². The van der Waals surface area contributed by atoms with Crippen molar-refractivity contribution in [1.82, 2.24) is 0 Å². The Morgan fingerprint density at radius 3 is 2.84 bits per heavy atom. The summed E-state index contributed by atoms with van der Waals surface area (Å²) in [5.41, 5.74) is 5.55.